The molecule has 3 N–H and O–H groups in total. The minimum absolute atomic E-state index is 0.0321. The normalized spacial score (nSPS) is 17.3. The number of carbonyl (C=O) groups is 4. The van der Waals surface area contributed by atoms with E-state index >= 15 is 0 Å². The van der Waals surface area contributed by atoms with Gasteiger partial charge in [0, 0.05) is 25.2 Å². The van der Waals surface area contributed by atoms with Crippen molar-refractivity contribution in [2.24, 2.45) is 5.41 Å². The largest absolute Gasteiger partial charge is 0.491 e. The maximum absolute atomic E-state index is 13.9. The number of amides is 4. The van der Waals surface area contributed by atoms with Crippen molar-refractivity contribution in [3.05, 3.63) is 94.6 Å². The number of β-amino-alcohol motifs (C(OH)–C–C–N with tert-alkyl or cyclic N) is 1. The van der Waals surface area contributed by atoms with Crippen LogP contribution in [0.1, 0.15) is 63.4 Å². The van der Waals surface area contributed by atoms with Crippen LogP contribution in [0.5, 0.6) is 5.75 Å². The van der Waals surface area contributed by atoms with Crippen LogP contribution in [0.4, 0.5) is 24.5 Å². The molecule has 0 bridgehead atoms. The van der Waals surface area contributed by atoms with Gasteiger partial charge in [0.1, 0.15) is 49.8 Å². The molecule has 3 aromatic carbocycles. The maximum atomic E-state index is 13.9. The summed E-state index contributed by atoms with van der Waals surface area (Å²) >= 11 is 7.15. The Morgan fingerprint density at radius 1 is 1.00 bits per heavy atom. The Morgan fingerprint density at radius 2 is 1.67 bits per heavy atom. The average molecular weight is 988 g/mol. The van der Waals surface area contributed by atoms with E-state index in [-0.39, 0.29) is 63.3 Å². The second-order valence-electron chi connectivity index (χ2n) is 17.8. The molecule has 2 saturated heterocycles. The van der Waals surface area contributed by atoms with Gasteiger partial charge in [0.2, 0.25) is 17.7 Å². The molecule has 0 aliphatic carbocycles. The van der Waals surface area contributed by atoms with Gasteiger partial charge >= 0.3 is 6.18 Å². The fraction of sp³-hybridized carbons (Fsp3) is 0.408. The molecule has 2 aliphatic heterocycles. The fourth-order valence-corrected chi connectivity index (χ4v) is 9.11. The number of benzene rings is 3. The molecule has 364 valence electrons. The van der Waals surface area contributed by atoms with Gasteiger partial charge in [0.15, 0.2) is 5.11 Å². The SMILES string of the molecule is Cc1ncsc1-c1ccc(CNC(=O)[C@@H]2C[C@@H](O)CN2C(=O)[C@@H](NC(=O)COCC#CCOCCOc2ccc(N3C(=S)N(c4ccc(C#N)c(C(F)(F)F)c4)C(=O)C3(C)C)cc2)C(C)(C)C)cc1. The quantitative estimate of drug-likeness (QED) is 0.0662. The van der Waals surface area contributed by atoms with Gasteiger partial charge in [-0.2, -0.15) is 18.4 Å². The molecular weight excluding hydrogens is 936 g/mol. The molecule has 3 heterocycles. The first-order valence-corrected chi connectivity index (χ1v) is 23.1. The zero-order chi connectivity index (χ0) is 50.3. The molecule has 6 rings (SSSR count). The Labute approximate surface area is 407 Å². The standard InChI is InChI=1S/C49H52F3N7O8S2/c1-30-41(69-29-55-30)32-11-9-31(10-12-32)26-54-43(62)39-24-36(60)27-57(39)44(63)42(47(2,3)4)56-40(61)28-66-20-8-7-19-65-21-22-67-37-17-15-34(16-18-37)59-46(68)58(45(64)48(59,5)6)35-14-13-33(25-53)38(23-35)49(50,51)52/h9-18,23,29,36,39,42,60H,19-22,24,26-28H2,1-6H3,(H,54,62)(H,56,61)/t36-,39+,42-/m1/s1. The van der Waals surface area contributed by atoms with Crippen LogP contribution in [-0.4, -0.2) is 107 Å². The van der Waals surface area contributed by atoms with Gasteiger partial charge in [-0.15, -0.1) is 11.3 Å². The van der Waals surface area contributed by atoms with Crippen LogP contribution >= 0.6 is 23.6 Å². The number of thiocarbonyl (C=S) groups is 1. The van der Waals surface area contributed by atoms with Crippen LogP contribution in [0, 0.1) is 35.5 Å². The number of aliphatic hydroxyl groups excluding tert-OH is 1. The van der Waals surface area contributed by atoms with E-state index in [4.69, 9.17) is 26.4 Å². The highest BCUT2D eigenvalue weighted by molar-refractivity contribution is 7.81. The molecule has 4 amide bonds. The van der Waals surface area contributed by atoms with Crippen molar-refractivity contribution < 1.29 is 51.7 Å². The van der Waals surface area contributed by atoms with E-state index in [9.17, 15) is 42.7 Å². The number of nitrogens with one attached hydrogen (secondary N) is 2. The molecule has 1 aromatic heterocycles. The molecule has 4 aromatic rings. The van der Waals surface area contributed by atoms with Crippen molar-refractivity contribution in [1.82, 2.24) is 20.5 Å². The Morgan fingerprint density at radius 3 is 2.29 bits per heavy atom. The number of likely N-dealkylation sites (tertiary alicyclic amines) is 1. The van der Waals surface area contributed by atoms with Crippen LogP contribution < -0.4 is 25.2 Å². The first-order chi connectivity index (χ1) is 32.6. The number of hydrogen-bond donors (Lipinski definition) is 3. The smallest absolute Gasteiger partial charge is 0.417 e. The summed E-state index contributed by atoms with van der Waals surface area (Å²) in [5, 5.41) is 25.3. The van der Waals surface area contributed by atoms with E-state index in [1.165, 1.54) is 21.9 Å². The number of nitriles is 1. The number of rotatable bonds is 16. The molecule has 2 aliphatic rings. The number of anilines is 2. The van der Waals surface area contributed by atoms with Gasteiger partial charge in [-0.25, -0.2) is 4.98 Å². The van der Waals surface area contributed by atoms with Gasteiger partial charge in [-0.1, -0.05) is 56.9 Å². The van der Waals surface area contributed by atoms with Crippen LogP contribution in [0.15, 0.2) is 72.2 Å². The highest BCUT2D eigenvalue weighted by atomic mass is 32.1. The number of ether oxygens (including phenoxy) is 3. The van der Waals surface area contributed by atoms with Crippen molar-refractivity contribution in [2.45, 2.75) is 84.4 Å². The molecule has 2 fully saturated rings. The third-order valence-corrected chi connectivity index (χ3v) is 12.7. The minimum Gasteiger partial charge on any atom is -0.491 e. The van der Waals surface area contributed by atoms with Crippen LogP contribution in [-0.2, 0) is 41.4 Å². The number of halogens is 3. The van der Waals surface area contributed by atoms with E-state index in [1.54, 1.807) is 75.7 Å². The summed E-state index contributed by atoms with van der Waals surface area (Å²) in [7, 11) is 0. The van der Waals surface area contributed by atoms with Crippen LogP contribution in [0.25, 0.3) is 10.4 Å². The zero-order valence-corrected chi connectivity index (χ0v) is 40.4. The lowest BCUT2D eigenvalue weighted by atomic mass is 9.85. The molecular formula is C49H52F3N7O8S2. The predicted octanol–water partition coefficient (Wildman–Crippen LogP) is 6.15. The summed E-state index contributed by atoms with van der Waals surface area (Å²) in [6.45, 7) is 10.6. The third-order valence-electron chi connectivity index (χ3n) is 11.4. The highest BCUT2D eigenvalue weighted by Crippen LogP contribution is 2.40. The summed E-state index contributed by atoms with van der Waals surface area (Å²) < 4.78 is 57.8. The Kier molecular flexibility index (Phi) is 16.5. The summed E-state index contributed by atoms with van der Waals surface area (Å²) in [5.41, 5.74) is 1.28. The van der Waals surface area contributed by atoms with E-state index in [1.807, 2.05) is 31.2 Å². The summed E-state index contributed by atoms with van der Waals surface area (Å²) in [4.78, 5) is 63.1. The van der Waals surface area contributed by atoms with E-state index in [2.05, 4.69) is 27.5 Å². The maximum Gasteiger partial charge on any atom is 0.417 e. The molecule has 20 heteroatoms. The molecule has 0 radical (unpaired) electrons. The number of aliphatic hydroxyl groups is 1. The number of aromatic nitrogens is 1. The van der Waals surface area contributed by atoms with E-state index in [0.717, 1.165) is 38.7 Å². The van der Waals surface area contributed by atoms with Crippen molar-refractivity contribution in [3.63, 3.8) is 0 Å². The van der Waals surface area contributed by atoms with Crippen molar-refractivity contribution in [1.29, 1.82) is 5.26 Å². The van der Waals surface area contributed by atoms with Gasteiger partial charge in [-0.05, 0) is 92.0 Å². The van der Waals surface area contributed by atoms with E-state index < -0.39 is 70.1 Å². The first-order valence-electron chi connectivity index (χ1n) is 21.8. The lowest BCUT2D eigenvalue weighted by molar-refractivity contribution is -0.144. The monoisotopic (exact) mass is 987 g/mol. The first kappa shape index (κ1) is 52.0. The average Bonchev–Trinajstić information content (AvgIpc) is 3.97. The fourth-order valence-electron chi connectivity index (χ4n) is 7.77. The number of aryl methyl sites for hydroxylation is 1. The second-order valence-corrected chi connectivity index (χ2v) is 19.1. The molecule has 0 saturated carbocycles. The molecule has 69 heavy (non-hydrogen) atoms. The summed E-state index contributed by atoms with van der Waals surface area (Å²) in [6, 6.07) is 17.0. The Bertz CT molecular complexity index is 2650. The molecule has 15 nitrogen and oxygen atoms in total. The lowest BCUT2D eigenvalue weighted by Gasteiger charge is -2.35. The number of hydrogen-bond acceptors (Lipinski definition) is 12. The molecule has 3 atom stereocenters. The van der Waals surface area contributed by atoms with Crippen LogP contribution in [0.3, 0.4) is 0 Å². The van der Waals surface area contributed by atoms with Crippen molar-refractivity contribution >= 4 is 63.7 Å². The van der Waals surface area contributed by atoms with Crippen LogP contribution in [0.2, 0.25) is 0 Å². The highest BCUT2D eigenvalue weighted by Gasteiger charge is 2.51. The van der Waals surface area contributed by atoms with Gasteiger partial charge in [-0.3, -0.25) is 24.1 Å². The number of carbonyl (C=O) groups excluding carboxylic acids is 4. The number of thiazole rings is 1. The van der Waals surface area contributed by atoms with E-state index in [0.29, 0.717) is 11.4 Å². The van der Waals surface area contributed by atoms with Gasteiger partial charge in [0.05, 0.1) is 51.7 Å². The Balaban J connectivity index is 0.908. The lowest BCUT2D eigenvalue weighted by Crippen LogP contribution is -2.58. The predicted molar refractivity (Wildman–Crippen MR) is 256 cm³/mol. The third kappa shape index (κ3) is 12.4. The van der Waals surface area contributed by atoms with Gasteiger partial charge in [0.25, 0.3) is 5.91 Å². The van der Waals surface area contributed by atoms with Gasteiger partial charge < -0.3 is 39.8 Å². The Hall–Kier alpha value is -6.42. The summed E-state index contributed by atoms with van der Waals surface area (Å²) in [6.07, 6.45) is -5.66. The van der Waals surface area contributed by atoms with Crippen molar-refractivity contribution in [3.8, 4) is 34.1 Å². The minimum atomic E-state index is -4.81. The van der Waals surface area contributed by atoms with Crippen molar-refractivity contribution in [2.75, 3.05) is 49.4 Å². The number of nitrogens with zero attached hydrogens (tertiary/aromatic N) is 5. The molecule has 0 spiro atoms. The number of alkyl halides is 3. The topological polar surface area (TPSA) is 187 Å². The summed E-state index contributed by atoms with van der Waals surface area (Å²) in [5.74, 6) is 4.02. The molecule has 0 unspecified atom stereocenters. The second kappa shape index (κ2) is 21.9. The zero-order valence-electron chi connectivity index (χ0n) is 38.8.